The molecule has 2 N–H and O–H groups in total. The lowest BCUT2D eigenvalue weighted by molar-refractivity contribution is -0.121. The van der Waals surface area contributed by atoms with Crippen molar-refractivity contribution in [2.75, 3.05) is 13.1 Å². The molecular formula is C21H29N5O2S. The molecule has 29 heavy (non-hydrogen) atoms. The van der Waals surface area contributed by atoms with Gasteiger partial charge in [-0.1, -0.05) is 18.2 Å². The normalized spacial score (nSPS) is 36.2. The first-order valence-corrected chi connectivity index (χ1v) is 11.7. The van der Waals surface area contributed by atoms with E-state index in [9.17, 15) is 9.59 Å². The van der Waals surface area contributed by atoms with Gasteiger partial charge >= 0.3 is 0 Å². The van der Waals surface area contributed by atoms with E-state index in [4.69, 9.17) is 4.99 Å². The van der Waals surface area contributed by atoms with Gasteiger partial charge in [0.1, 0.15) is 0 Å². The van der Waals surface area contributed by atoms with E-state index in [2.05, 4.69) is 22.2 Å². The van der Waals surface area contributed by atoms with Crippen molar-refractivity contribution in [2.45, 2.75) is 62.7 Å². The summed E-state index contributed by atoms with van der Waals surface area (Å²) in [6, 6.07) is 0.412. The van der Waals surface area contributed by atoms with Gasteiger partial charge in [0.05, 0.1) is 10.8 Å². The van der Waals surface area contributed by atoms with Crippen LogP contribution in [0.1, 0.15) is 62.5 Å². The molecule has 2 saturated heterocycles. The molecule has 2 bridgehead atoms. The number of aromatic nitrogens is 2. The maximum absolute atomic E-state index is 12.8. The monoisotopic (exact) mass is 415 g/mol. The second-order valence-corrected chi connectivity index (χ2v) is 10.8. The molecule has 156 valence electrons. The van der Waals surface area contributed by atoms with Crippen molar-refractivity contribution >= 4 is 28.7 Å². The van der Waals surface area contributed by atoms with E-state index in [0.717, 1.165) is 49.4 Å². The molecule has 2 aliphatic carbocycles. The fourth-order valence-electron chi connectivity index (χ4n) is 5.65. The zero-order valence-electron chi connectivity index (χ0n) is 16.9. The molecular weight excluding hydrogens is 386 g/mol. The number of aromatic amines is 1. The zero-order chi connectivity index (χ0) is 20.0. The van der Waals surface area contributed by atoms with Crippen LogP contribution in [0.5, 0.6) is 0 Å². The number of carbonyl (C=O) groups excluding carboxylic acids is 2. The Labute approximate surface area is 175 Å². The first kappa shape index (κ1) is 19.2. The fraction of sp³-hybridized carbons (Fsp3) is 0.714. The number of H-pyrrole nitrogens is 1. The third kappa shape index (κ3) is 3.71. The Bertz CT molecular complexity index is 817. The Balaban J connectivity index is 1.16. The Morgan fingerprint density at radius 1 is 1.31 bits per heavy atom. The summed E-state index contributed by atoms with van der Waals surface area (Å²) in [6.07, 6.45) is 11.2. The molecule has 4 aliphatic rings. The Morgan fingerprint density at radius 2 is 2.14 bits per heavy atom. The SMILES string of the molecule is CC1(CC2CCN(C(=O)c3ncc[nH]3)CC2)SC(=N[C@H]2C[C@H]3CC[C@H]2C3)NC1=O. The van der Waals surface area contributed by atoms with E-state index in [0.29, 0.717) is 17.8 Å². The van der Waals surface area contributed by atoms with Crippen LogP contribution in [0.25, 0.3) is 0 Å². The van der Waals surface area contributed by atoms with Gasteiger partial charge in [-0.25, -0.2) is 4.98 Å². The predicted octanol–water partition coefficient (Wildman–Crippen LogP) is 2.82. The average Bonchev–Trinajstić information content (AvgIpc) is 3.48. The number of hydrogen-bond donors (Lipinski definition) is 2. The summed E-state index contributed by atoms with van der Waals surface area (Å²) in [6.45, 7) is 3.49. The lowest BCUT2D eigenvalue weighted by Crippen LogP contribution is -2.42. The number of likely N-dealkylation sites (tertiary alicyclic amines) is 1. The number of carbonyl (C=O) groups is 2. The Hall–Kier alpha value is -1.83. The molecule has 4 atom stereocenters. The lowest BCUT2D eigenvalue weighted by atomic mass is 9.87. The van der Waals surface area contributed by atoms with Crippen LogP contribution in [0.2, 0.25) is 0 Å². The summed E-state index contributed by atoms with van der Waals surface area (Å²) < 4.78 is -0.450. The number of nitrogens with zero attached hydrogens (tertiary/aromatic N) is 3. The molecule has 7 nitrogen and oxygen atoms in total. The first-order chi connectivity index (χ1) is 14.0. The van der Waals surface area contributed by atoms with Gasteiger partial charge in [-0.3, -0.25) is 14.6 Å². The second-order valence-electron chi connectivity index (χ2n) is 9.34. The van der Waals surface area contributed by atoms with Gasteiger partial charge in [0, 0.05) is 25.5 Å². The Morgan fingerprint density at radius 3 is 2.79 bits per heavy atom. The van der Waals surface area contributed by atoms with Crippen molar-refractivity contribution < 1.29 is 9.59 Å². The minimum Gasteiger partial charge on any atom is -0.341 e. The molecule has 1 aromatic heterocycles. The molecule has 3 heterocycles. The van der Waals surface area contributed by atoms with Crippen LogP contribution in [-0.4, -0.2) is 55.7 Å². The molecule has 0 spiro atoms. The van der Waals surface area contributed by atoms with Crippen LogP contribution in [0, 0.1) is 17.8 Å². The zero-order valence-corrected chi connectivity index (χ0v) is 17.7. The van der Waals surface area contributed by atoms with Gasteiger partial charge in [-0.2, -0.15) is 0 Å². The summed E-state index contributed by atoms with van der Waals surface area (Å²) >= 11 is 1.63. The van der Waals surface area contributed by atoms with Gasteiger partial charge in [-0.05, 0) is 63.2 Å². The number of amides is 2. The van der Waals surface area contributed by atoms with Gasteiger partial charge < -0.3 is 15.2 Å². The minimum atomic E-state index is -0.450. The molecule has 2 saturated carbocycles. The van der Waals surface area contributed by atoms with E-state index in [1.807, 2.05) is 4.90 Å². The van der Waals surface area contributed by atoms with Crippen LogP contribution in [0.15, 0.2) is 17.4 Å². The molecule has 4 fully saturated rings. The standard InChI is InChI=1S/C21H29N5O2S/c1-21(12-13-4-8-26(9-5-13)18(27)17-22-6-7-23-17)19(28)25-20(29-21)24-16-11-14-2-3-15(16)10-14/h6-7,13-16H,2-5,8-12H2,1H3,(H,22,23)(H,24,25,28)/t14-,15-,16-,21?/m0/s1. The van der Waals surface area contributed by atoms with Gasteiger partial charge in [0.2, 0.25) is 5.91 Å². The third-order valence-corrected chi connectivity index (χ3v) is 8.49. The summed E-state index contributed by atoms with van der Waals surface area (Å²) in [5, 5.41) is 3.90. The highest BCUT2D eigenvalue weighted by molar-refractivity contribution is 8.16. The van der Waals surface area contributed by atoms with Gasteiger partial charge in [0.15, 0.2) is 11.0 Å². The maximum atomic E-state index is 12.8. The largest absolute Gasteiger partial charge is 0.341 e. The number of imidazole rings is 1. The highest BCUT2D eigenvalue weighted by Crippen LogP contribution is 2.47. The number of hydrogen-bond acceptors (Lipinski definition) is 5. The summed E-state index contributed by atoms with van der Waals surface area (Å²) in [4.78, 5) is 38.9. The molecule has 2 amide bonds. The van der Waals surface area contributed by atoms with Crippen molar-refractivity contribution in [2.24, 2.45) is 22.7 Å². The highest BCUT2D eigenvalue weighted by atomic mass is 32.2. The van der Waals surface area contributed by atoms with E-state index >= 15 is 0 Å². The predicted molar refractivity (Wildman–Crippen MR) is 113 cm³/mol. The van der Waals surface area contributed by atoms with Crippen LogP contribution in [-0.2, 0) is 4.79 Å². The summed E-state index contributed by atoms with van der Waals surface area (Å²) in [7, 11) is 0. The van der Waals surface area contributed by atoms with Crippen molar-refractivity contribution in [1.29, 1.82) is 0 Å². The molecule has 0 radical (unpaired) electrons. The number of nitrogens with one attached hydrogen (secondary N) is 2. The second kappa shape index (κ2) is 7.45. The number of piperidine rings is 1. The van der Waals surface area contributed by atoms with E-state index in [1.54, 1.807) is 24.2 Å². The third-order valence-electron chi connectivity index (χ3n) is 7.29. The topological polar surface area (TPSA) is 90.4 Å². The lowest BCUT2D eigenvalue weighted by Gasteiger charge is -2.34. The molecule has 0 aromatic carbocycles. The van der Waals surface area contributed by atoms with Gasteiger partial charge in [-0.15, -0.1) is 0 Å². The molecule has 1 aromatic rings. The quantitative estimate of drug-likeness (QED) is 0.791. The minimum absolute atomic E-state index is 0.0343. The molecule has 5 rings (SSSR count). The maximum Gasteiger partial charge on any atom is 0.289 e. The van der Waals surface area contributed by atoms with Gasteiger partial charge in [0.25, 0.3) is 5.91 Å². The number of fused-ring (bicyclic) bond motifs is 2. The number of aliphatic imine (C=N–C) groups is 1. The highest BCUT2D eigenvalue weighted by Gasteiger charge is 2.46. The van der Waals surface area contributed by atoms with Crippen molar-refractivity contribution in [3.8, 4) is 0 Å². The van der Waals surface area contributed by atoms with Crippen LogP contribution >= 0.6 is 11.8 Å². The van der Waals surface area contributed by atoms with Crippen molar-refractivity contribution in [3.63, 3.8) is 0 Å². The summed E-state index contributed by atoms with van der Waals surface area (Å²) in [5.41, 5.74) is 0. The number of rotatable bonds is 4. The van der Waals surface area contributed by atoms with Crippen LogP contribution in [0.4, 0.5) is 0 Å². The van der Waals surface area contributed by atoms with E-state index in [-0.39, 0.29) is 11.8 Å². The van der Waals surface area contributed by atoms with E-state index in [1.165, 1.54) is 25.7 Å². The molecule has 2 aliphatic heterocycles. The van der Waals surface area contributed by atoms with E-state index < -0.39 is 4.75 Å². The van der Waals surface area contributed by atoms with Crippen LogP contribution < -0.4 is 5.32 Å². The van der Waals surface area contributed by atoms with Crippen molar-refractivity contribution in [3.05, 3.63) is 18.2 Å². The van der Waals surface area contributed by atoms with Crippen molar-refractivity contribution in [1.82, 2.24) is 20.2 Å². The first-order valence-electron chi connectivity index (χ1n) is 10.9. The smallest absolute Gasteiger partial charge is 0.289 e. The fourth-order valence-corrected chi connectivity index (χ4v) is 6.87. The average molecular weight is 416 g/mol. The summed E-state index contributed by atoms with van der Waals surface area (Å²) in [5.74, 6) is 2.50. The Kier molecular flexibility index (Phi) is 4.92. The molecule has 1 unspecified atom stereocenters. The van der Waals surface area contributed by atoms with Crippen LogP contribution in [0.3, 0.4) is 0 Å². The number of amidine groups is 1. The molecule has 8 heteroatoms. The number of thioether (sulfide) groups is 1.